The quantitative estimate of drug-likeness (QED) is 0.620. The molecule has 1 N–H and O–H groups in total. The van der Waals surface area contributed by atoms with Crippen LogP contribution in [-0.4, -0.2) is 24.3 Å². The second kappa shape index (κ2) is 4.86. The summed E-state index contributed by atoms with van der Waals surface area (Å²) in [4.78, 5) is 10.7. The molecule has 1 atom stereocenters. The highest BCUT2D eigenvalue weighted by atomic mass is 16.6. The van der Waals surface area contributed by atoms with Gasteiger partial charge in [0.15, 0.2) is 17.6 Å². The summed E-state index contributed by atoms with van der Waals surface area (Å²) in [5.74, 6) is 1.22. The van der Waals surface area contributed by atoms with Crippen molar-refractivity contribution in [3.8, 4) is 11.5 Å². The van der Waals surface area contributed by atoms with Gasteiger partial charge in [0.1, 0.15) is 6.61 Å². The molecule has 90 valence electrons. The first-order valence-corrected chi connectivity index (χ1v) is 5.36. The van der Waals surface area contributed by atoms with E-state index in [-0.39, 0.29) is 12.0 Å². The Balaban J connectivity index is 2.07. The van der Waals surface area contributed by atoms with E-state index in [0.29, 0.717) is 18.1 Å². The Morgan fingerprint density at radius 1 is 1.35 bits per heavy atom. The lowest BCUT2D eigenvalue weighted by molar-refractivity contribution is -0.118. The lowest BCUT2D eigenvalue weighted by atomic mass is 10.2. The third-order valence-corrected chi connectivity index (χ3v) is 2.36. The number of carbonyl (C=O) groups excluding carboxylic acids is 1. The number of fused-ring (bicyclic) bond motifs is 1. The van der Waals surface area contributed by atoms with Crippen molar-refractivity contribution in [2.45, 2.75) is 20.0 Å². The molecule has 0 aliphatic carbocycles. The molecule has 1 amide bonds. The van der Waals surface area contributed by atoms with Gasteiger partial charge in [0, 0.05) is 6.92 Å². The summed E-state index contributed by atoms with van der Waals surface area (Å²) < 4.78 is 11.3. The normalized spacial score (nSPS) is 18.7. The van der Waals surface area contributed by atoms with Crippen molar-refractivity contribution in [2.75, 3.05) is 6.61 Å². The van der Waals surface area contributed by atoms with Crippen LogP contribution in [0.25, 0.3) is 0 Å². The Morgan fingerprint density at radius 3 is 2.76 bits per heavy atom. The van der Waals surface area contributed by atoms with Gasteiger partial charge >= 0.3 is 0 Å². The number of hydrazone groups is 1. The first kappa shape index (κ1) is 11.4. The maximum Gasteiger partial charge on any atom is 0.236 e. The molecule has 0 bridgehead atoms. The number of hydrogen-bond acceptors (Lipinski definition) is 4. The first-order valence-electron chi connectivity index (χ1n) is 5.36. The second-order valence-corrected chi connectivity index (χ2v) is 3.79. The van der Waals surface area contributed by atoms with Gasteiger partial charge < -0.3 is 9.47 Å². The van der Waals surface area contributed by atoms with E-state index >= 15 is 0 Å². The Morgan fingerprint density at radius 2 is 2.06 bits per heavy atom. The van der Waals surface area contributed by atoms with E-state index in [1.165, 1.54) is 6.92 Å². The number of nitrogens with one attached hydrogen (secondary N) is 1. The third-order valence-electron chi connectivity index (χ3n) is 2.36. The predicted molar refractivity (Wildman–Crippen MR) is 63.3 cm³/mol. The topological polar surface area (TPSA) is 59.9 Å². The molecular formula is C12H14N2O3. The summed E-state index contributed by atoms with van der Waals surface area (Å²) >= 11 is 0. The fourth-order valence-corrected chi connectivity index (χ4v) is 1.46. The van der Waals surface area contributed by atoms with Crippen LogP contribution in [0.15, 0.2) is 29.4 Å². The molecule has 1 aromatic carbocycles. The molecule has 0 fully saturated rings. The Hall–Kier alpha value is -2.04. The number of hydrogen-bond donors (Lipinski definition) is 1. The Kier molecular flexibility index (Phi) is 3.27. The van der Waals surface area contributed by atoms with Crippen molar-refractivity contribution in [2.24, 2.45) is 5.10 Å². The van der Waals surface area contributed by atoms with Crippen molar-refractivity contribution in [3.05, 3.63) is 24.3 Å². The molecule has 0 saturated carbocycles. The number of benzene rings is 1. The number of carbonyl (C=O) groups is 1. The van der Waals surface area contributed by atoms with Crippen LogP contribution in [0.3, 0.4) is 0 Å². The standard InChI is InChI=1S/C12H14N2O3/c1-8(13-14-9(2)15)12-7-16-10-5-3-4-6-11(10)17-12/h3-6,12H,7H2,1-2H3,(H,14,15)/t12-/m1/s1. The fourth-order valence-electron chi connectivity index (χ4n) is 1.46. The lowest BCUT2D eigenvalue weighted by Crippen LogP contribution is -2.36. The predicted octanol–water partition coefficient (Wildman–Crippen LogP) is 1.34. The highest BCUT2D eigenvalue weighted by Crippen LogP contribution is 2.31. The smallest absolute Gasteiger partial charge is 0.236 e. The minimum Gasteiger partial charge on any atom is -0.485 e. The van der Waals surface area contributed by atoms with E-state index < -0.39 is 0 Å². The zero-order valence-electron chi connectivity index (χ0n) is 9.77. The van der Waals surface area contributed by atoms with E-state index in [9.17, 15) is 4.79 Å². The molecule has 1 heterocycles. The van der Waals surface area contributed by atoms with Gasteiger partial charge in [0.05, 0.1) is 5.71 Å². The van der Waals surface area contributed by atoms with Crippen LogP contribution in [0, 0.1) is 0 Å². The summed E-state index contributed by atoms with van der Waals surface area (Å²) in [6.07, 6.45) is -0.267. The molecule has 5 heteroatoms. The molecule has 0 saturated heterocycles. The van der Waals surface area contributed by atoms with E-state index in [0.717, 1.165) is 5.75 Å². The van der Waals surface area contributed by atoms with Gasteiger partial charge in [-0.15, -0.1) is 0 Å². The van der Waals surface area contributed by atoms with Crippen LogP contribution in [0.4, 0.5) is 0 Å². The lowest BCUT2D eigenvalue weighted by Gasteiger charge is -2.26. The average Bonchev–Trinajstić information content (AvgIpc) is 2.35. The molecule has 0 unspecified atom stereocenters. The summed E-state index contributed by atoms with van der Waals surface area (Å²) in [7, 11) is 0. The van der Waals surface area contributed by atoms with E-state index in [1.54, 1.807) is 6.92 Å². The molecule has 0 aromatic heterocycles. The molecule has 17 heavy (non-hydrogen) atoms. The Bertz CT molecular complexity index is 457. The minimum absolute atomic E-state index is 0.207. The SMILES string of the molecule is CC(=O)NN=C(C)[C@H]1COc2ccccc2O1. The highest BCUT2D eigenvalue weighted by molar-refractivity contribution is 5.88. The van der Waals surface area contributed by atoms with Gasteiger partial charge in [-0.1, -0.05) is 12.1 Å². The summed E-state index contributed by atoms with van der Waals surface area (Å²) in [6.45, 7) is 3.59. The number of amides is 1. The van der Waals surface area contributed by atoms with E-state index in [4.69, 9.17) is 9.47 Å². The van der Waals surface area contributed by atoms with Crippen molar-refractivity contribution >= 4 is 11.6 Å². The van der Waals surface area contributed by atoms with Crippen LogP contribution in [-0.2, 0) is 4.79 Å². The molecule has 1 aromatic rings. The van der Waals surface area contributed by atoms with Crippen molar-refractivity contribution in [1.82, 2.24) is 5.43 Å². The van der Waals surface area contributed by atoms with Gasteiger partial charge in [-0.25, -0.2) is 5.43 Å². The highest BCUT2D eigenvalue weighted by Gasteiger charge is 2.22. The maximum absolute atomic E-state index is 10.7. The van der Waals surface area contributed by atoms with Crippen LogP contribution in [0.1, 0.15) is 13.8 Å². The third kappa shape index (κ3) is 2.75. The number of rotatable bonds is 2. The van der Waals surface area contributed by atoms with Crippen molar-refractivity contribution in [1.29, 1.82) is 0 Å². The molecule has 2 rings (SSSR count). The number of para-hydroxylation sites is 2. The molecule has 1 aliphatic heterocycles. The molecule has 0 radical (unpaired) electrons. The van der Waals surface area contributed by atoms with Gasteiger partial charge in [0.25, 0.3) is 0 Å². The molecule has 1 aliphatic rings. The minimum atomic E-state index is -0.267. The monoisotopic (exact) mass is 234 g/mol. The summed E-state index contributed by atoms with van der Waals surface area (Å²) in [5.41, 5.74) is 3.06. The summed E-state index contributed by atoms with van der Waals surface area (Å²) in [5, 5.41) is 3.93. The first-order chi connectivity index (χ1) is 8.16. The van der Waals surface area contributed by atoms with Gasteiger partial charge in [-0.3, -0.25) is 4.79 Å². The molecule has 0 spiro atoms. The largest absolute Gasteiger partial charge is 0.485 e. The maximum atomic E-state index is 10.7. The van der Waals surface area contributed by atoms with Crippen LogP contribution in [0.5, 0.6) is 11.5 Å². The molecular weight excluding hydrogens is 220 g/mol. The Labute approximate surface area is 99.4 Å². The average molecular weight is 234 g/mol. The zero-order valence-corrected chi connectivity index (χ0v) is 9.77. The van der Waals surface area contributed by atoms with Crippen LogP contribution < -0.4 is 14.9 Å². The fraction of sp³-hybridized carbons (Fsp3) is 0.333. The van der Waals surface area contributed by atoms with Gasteiger partial charge in [-0.05, 0) is 19.1 Å². The van der Waals surface area contributed by atoms with Crippen molar-refractivity contribution < 1.29 is 14.3 Å². The van der Waals surface area contributed by atoms with Crippen LogP contribution >= 0.6 is 0 Å². The van der Waals surface area contributed by atoms with Gasteiger partial charge in [0.2, 0.25) is 5.91 Å². The van der Waals surface area contributed by atoms with Crippen molar-refractivity contribution in [3.63, 3.8) is 0 Å². The van der Waals surface area contributed by atoms with E-state index in [2.05, 4.69) is 10.5 Å². The molecule has 5 nitrogen and oxygen atoms in total. The van der Waals surface area contributed by atoms with Crippen LogP contribution in [0.2, 0.25) is 0 Å². The zero-order chi connectivity index (χ0) is 12.3. The van der Waals surface area contributed by atoms with Gasteiger partial charge in [-0.2, -0.15) is 5.10 Å². The number of ether oxygens (including phenoxy) is 2. The summed E-state index contributed by atoms with van der Waals surface area (Å²) in [6, 6.07) is 7.46. The number of nitrogens with zero attached hydrogens (tertiary/aromatic N) is 1. The van der Waals surface area contributed by atoms with E-state index in [1.807, 2.05) is 24.3 Å². The second-order valence-electron chi connectivity index (χ2n) is 3.79.